The van der Waals surface area contributed by atoms with Crippen LogP contribution in [0.3, 0.4) is 0 Å². The number of ether oxygens (including phenoxy) is 1. The molecule has 1 aromatic rings. The predicted molar refractivity (Wildman–Crippen MR) is 67.2 cm³/mol. The smallest absolute Gasteiger partial charge is 0.304 e. The summed E-state index contributed by atoms with van der Waals surface area (Å²) in [5, 5.41) is 11.5. The van der Waals surface area contributed by atoms with Crippen LogP contribution in [0.1, 0.15) is 12.0 Å². The lowest BCUT2D eigenvalue weighted by atomic mass is 10.2. The van der Waals surface area contributed by atoms with Gasteiger partial charge in [0.05, 0.1) is 13.5 Å². The minimum Gasteiger partial charge on any atom is -0.496 e. The van der Waals surface area contributed by atoms with Crippen LogP contribution in [0.2, 0.25) is 0 Å². The standard InChI is InChI=1S/C13H17NO3/c1-17-12-7-3-2-5-11(12)6-4-9-14-10-8-13(15)16/h2-7,14H,8-10H2,1H3,(H,15,16)/b6-4+. The van der Waals surface area contributed by atoms with Gasteiger partial charge in [0.2, 0.25) is 0 Å². The predicted octanol–water partition coefficient (Wildman–Crippen LogP) is 1.77. The molecule has 1 aromatic carbocycles. The number of nitrogens with one attached hydrogen (secondary N) is 1. The molecular formula is C13H17NO3. The fourth-order valence-corrected chi connectivity index (χ4v) is 1.37. The molecule has 0 unspecified atom stereocenters. The molecule has 0 aliphatic carbocycles. The van der Waals surface area contributed by atoms with E-state index in [-0.39, 0.29) is 6.42 Å². The first-order valence-corrected chi connectivity index (χ1v) is 5.46. The van der Waals surface area contributed by atoms with E-state index in [2.05, 4.69) is 5.32 Å². The third kappa shape index (κ3) is 5.17. The van der Waals surface area contributed by atoms with Gasteiger partial charge < -0.3 is 15.2 Å². The highest BCUT2D eigenvalue weighted by Crippen LogP contribution is 2.18. The average Bonchev–Trinajstić information content (AvgIpc) is 2.33. The Hall–Kier alpha value is -1.81. The third-order valence-electron chi connectivity index (χ3n) is 2.21. The Morgan fingerprint density at radius 3 is 2.94 bits per heavy atom. The zero-order chi connectivity index (χ0) is 12.5. The Bertz CT molecular complexity index is 388. The number of aliphatic carboxylic acids is 1. The summed E-state index contributed by atoms with van der Waals surface area (Å²) >= 11 is 0. The highest BCUT2D eigenvalue weighted by atomic mass is 16.5. The van der Waals surface area contributed by atoms with Gasteiger partial charge in [0.1, 0.15) is 5.75 Å². The molecule has 92 valence electrons. The summed E-state index contributed by atoms with van der Waals surface area (Å²) in [6.45, 7) is 1.12. The van der Waals surface area contributed by atoms with E-state index >= 15 is 0 Å². The van der Waals surface area contributed by atoms with E-state index in [9.17, 15) is 4.79 Å². The van der Waals surface area contributed by atoms with Crippen LogP contribution in [0.5, 0.6) is 5.75 Å². The number of para-hydroxylation sites is 1. The number of hydrogen-bond acceptors (Lipinski definition) is 3. The number of carboxylic acid groups (broad SMARTS) is 1. The zero-order valence-corrected chi connectivity index (χ0v) is 9.85. The number of carbonyl (C=O) groups is 1. The molecule has 4 heteroatoms. The monoisotopic (exact) mass is 235 g/mol. The van der Waals surface area contributed by atoms with Gasteiger partial charge >= 0.3 is 5.97 Å². The van der Waals surface area contributed by atoms with Gasteiger partial charge in [-0.05, 0) is 6.07 Å². The van der Waals surface area contributed by atoms with Crippen molar-refractivity contribution in [1.29, 1.82) is 0 Å². The molecule has 0 saturated heterocycles. The van der Waals surface area contributed by atoms with Crippen molar-refractivity contribution in [2.75, 3.05) is 20.2 Å². The molecule has 1 rings (SSSR count). The van der Waals surface area contributed by atoms with Crippen LogP contribution in [0.4, 0.5) is 0 Å². The van der Waals surface area contributed by atoms with E-state index in [1.807, 2.05) is 36.4 Å². The van der Waals surface area contributed by atoms with Crippen LogP contribution in [-0.4, -0.2) is 31.3 Å². The maximum absolute atomic E-state index is 10.3. The maximum atomic E-state index is 10.3. The summed E-state index contributed by atoms with van der Waals surface area (Å²) in [5.41, 5.74) is 1.01. The van der Waals surface area contributed by atoms with Crippen molar-refractivity contribution in [2.24, 2.45) is 0 Å². The molecule has 0 spiro atoms. The van der Waals surface area contributed by atoms with Crippen molar-refractivity contribution in [1.82, 2.24) is 5.32 Å². The first kappa shape index (κ1) is 13.3. The third-order valence-corrected chi connectivity index (χ3v) is 2.21. The lowest BCUT2D eigenvalue weighted by Crippen LogP contribution is -2.17. The van der Waals surface area contributed by atoms with Gasteiger partial charge in [0.15, 0.2) is 0 Å². The van der Waals surface area contributed by atoms with E-state index in [0.29, 0.717) is 13.1 Å². The summed E-state index contributed by atoms with van der Waals surface area (Å²) in [6, 6.07) is 7.73. The Labute approximate surface area is 101 Å². The first-order valence-electron chi connectivity index (χ1n) is 5.46. The molecule has 0 radical (unpaired) electrons. The molecule has 4 nitrogen and oxygen atoms in total. The van der Waals surface area contributed by atoms with Crippen molar-refractivity contribution in [3.05, 3.63) is 35.9 Å². The number of methoxy groups -OCH3 is 1. The SMILES string of the molecule is COc1ccccc1/C=C/CNCCC(=O)O. The number of rotatable bonds is 7. The van der Waals surface area contributed by atoms with Gasteiger partial charge in [-0.3, -0.25) is 4.79 Å². The average molecular weight is 235 g/mol. The van der Waals surface area contributed by atoms with Crippen molar-refractivity contribution in [3.63, 3.8) is 0 Å². The number of carboxylic acids is 1. The second-order valence-corrected chi connectivity index (χ2v) is 3.49. The quantitative estimate of drug-likeness (QED) is 0.707. The molecule has 0 atom stereocenters. The van der Waals surface area contributed by atoms with Crippen LogP contribution in [0.15, 0.2) is 30.3 Å². The molecule has 0 aromatic heterocycles. The highest BCUT2D eigenvalue weighted by molar-refractivity contribution is 5.66. The second-order valence-electron chi connectivity index (χ2n) is 3.49. The highest BCUT2D eigenvalue weighted by Gasteiger charge is 1.96. The van der Waals surface area contributed by atoms with Crippen LogP contribution < -0.4 is 10.1 Å². The van der Waals surface area contributed by atoms with E-state index in [4.69, 9.17) is 9.84 Å². The van der Waals surface area contributed by atoms with E-state index in [1.165, 1.54) is 0 Å². The summed E-state index contributed by atoms with van der Waals surface area (Å²) in [4.78, 5) is 10.3. The van der Waals surface area contributed by atoms with Gasteiger partial charge in [0.25, 0.3) is 0 Å². The lowest BCUT2D eigenvalue weighted by molar-refractivity contribution is -0.136. The Kier molecular flexibility index (Phi) is 5.82. The summed E-state index contributed by atoms with van der Waals surface area (Å²) < 4.78 is 5.21. The van der Waals surface area contributed by atoms with Crippen molar-refractivity contribution in [3.8, 4) is 5.75 Å². The molecule has 0 aliphatic heterocycles. The summed E-state index contributed by atoms with van der Waals surface area (Å²) in [7, 11) is 1.64. The van der Waals surface area contributed by atoms with Crippen molar-refractivity contribution in [2.45, 2.75) is 6.42 Å². The van der Waals surface area contributed by atoms with Crippen LogP contribution in [-0.2, 0) is 4.79 Å². The number of hydrogen-bond donors (Lipinski definition) is 2. The van der Waals surface area contributed by atoms with Crippen LogP contribution in [0, 0.1) is 0 Å². The molecule has 0 heterocycles. The zero-order valence-electron chi connectivity index (χ0n) is 9.85. The largest absolute Gasteiger partial charge is 0.496 e. The molecular weight excluding hydrogens is 218 g/mol. The van der Waals surface area contributed by atoms with E-state index in [1.54, 1.807) is 7.11 Å². The second kappa shape index (κ2) is 7.46. The van der Waals surface area contributed by atoms with E-state index in [0.717, 1.165) is 11.3 Å². The minimum absolute atomic E-state index is 0.141. The summed E-state index contributed by atoms with van der Waals surface area (Å²) in [5.74, 6) is 0.0421. The molecule has 0 aliphatic rings. The Morgan fingerprint density at radius 2 is 2.24 bits per heavy atom. The maximum Gasteiger partial charge on any atom is 0.304 e. The molecule has 2 N–H and O–H groups in total. The Balaban J connectivity index is 2.35. The van der Waals surface area contributed by atoms with E-state index < -0.39 is 5.97 Å². The van der Waals surface area contributed by atoms with Crippen LogP contribution >= 0.6 is 0 Å². The topological polar surface area (TPSA) is 58.6 Å². The first-order chi connectivity index (χ1) is 8.24. The molecule has 0 fully saturated rings. The lowest BCUT2D eigenvalue weighted by Gasteiger charge is -2.03. The minimum atomic E-state index is -0.786. The van der Waals surface area contributed by atoms with Gasteiger partial charge in [-0.15, -0.1) is 0 Å². The van der Waals surface area contributed by atoms with Gasteiger partial charge in [0, 0.05) is 18.7 Å². The van der Waals surface area contributed by atoms with Crippen LogP contribution in [0.25, 0.3) is 6.08 Å². The molecule has 0 saturated carbocycles. The molecule has 17 heavy (non-hydrogen) atoms. The summed E-state index contributed by atoms with van der Waals surface area (Å²) in [6.07, 6.45) is 4.04. The van der Waals surface area contributed by atoms with Gasteiger partial charge in [-0.2, -0.15) is 0 Å². The Morgan fingerprint density at radius 1 is 1.47 bits per heavy atom. The fourth-order valence-electron chi connectivity index (χ4n) is 1.37. The van der Waals surface area contributed by atoms with Gasteiger partial charge in [-0.1, -0.05) is 30.4 Å². The normalized spacial score (nSPS) is 10.6. The number of benzene rings is 1. The molecule has 0 amide bonds. The van der Waals surface area contributed by atoms with Crippen molar-refractivity contribution >= 4 is 12.0 Å². The van der Waals surface area contributed by atoms with Crippen molar-refractivity contribution < 1.29 is 14.6 Å². The fraction of sp³-hybridized carbons (Fsp3) is 0.308. The van der Waals surface area contributed by atoms with Gasteiger partial charge in [-0.25, -0.2) is 0 Å². The molecule has 0 bridgehead atoms.